The molecule has 32 heavy (non-hydrogen) atoms. The third kappa shape index (κ3) is 4.52. The Kier molecular flexibility index (Phi) is 5.75. The average Bonchev–Trinajstić information content (AvgIpc) is 3.33. The molecular weight excluding hydrogens is 437 g/mol. The topological polar surface area (TPSA) is 72.9 Å². The minimum Gasteiger partial charge on any atom is -0.366 e. The molecule has 164 valence electrons. The van der Waals surface area contributed by atoms with Crippen molar-refractivity contribution in [3.8, 4) is 11.4 Å². The minimum atomic E-state index is -4.42. The Labute approximate surface area is 186 Å². The smallest absolute Gasteiger partial charge is 0.366 e. The molecule has 0 bridgehead atoms. The largest absolute Gasteiger partial charge is 0.416 e. The van der Waals surface area contributed by atoms with E-state index in [4.69, 9.17) is 5.73 Å². The predicted molar refractivity (Wildman–Crippen MR) is 119 cm³/mol. The molecule has 0 unspecified atom stereocenters. The fraction of sp³-hybridized carbons (Fsp3) is 0.130. The maximum absolute atomic E-state index is 13.0. The third-order valence-corrected chi connectivity index (χ3v) is 5.78. The summed E-state index contributed by atoms with van der Waals surface area (Å²) in [6.07, 6.45) is -4.42. The number of alkyl halides is 3. The van der Waals surface area contributed by atoms with Crippen LogP contribution in [-0.2, 0) is 12.7 Å². The molecule has 0 radical (unpaired) electrons. The van der Waals surface area contributed by atoms with Crippen LogP contribution in [0.4, 0.5) is 24.0 Å². The number of carbonyl (C=O) groups is 1. The van der Waals surface area contributed by atoms with Gasteiger partial charge in [0.25, 0.3) is 5.91 Å². The first-order chi connectivity index (χ1) is 15.2. The van der Waals surface area contributed by atoms with Crippen molar-refractivity contribution in [1.82, 2.24) is 9.55 Å². The summed E-state index contributed by atoms with van der Waals surface area (Å²) in [4.78, 5) is 16.5. The van der Waals surface area contributed by atoms with Crippen LogP contribution >= 0.6 is 11.3 Å². The predicted octanol–water partition coefficient (Wildman–Crippen LogP) is 5.83. The van der Waals surface area contributed by atoms with Crippen LogP contribution < -0.4 is 11.1 Å². The van der Waals surface area contributed by atoms with Crippen molar-refractivity contribution < 1.29 is 18.0 Å². The number of primary amides is 1. The Hall–Kier alpha value is -3.59. The summed E-state index contributed by atoms with van der Waals surface area (Å²) in [6, 6.07) is 16.4. The number of anilines is 2. The van der Waals surface area contributed by atoms with Gasteiger partial charge in [0.15, 0.2) is 5.13 Å². The number of benzene rings is 2. The van der Waals surface area contributed by atoms with Crippen LogP contribution in [0.15, 0.2) is 66.0 Å². The lowest BCUT2D eigenvalue weighted by Crippen LogP contribution is -2.12. The normalized spacial score (nSPS) is 11.5. The van der Waals surface area contributed by atoms with Gasteiger partial charge in [0.2, 0.25) is 0 Å². The number of rotatable bonds is 6. The Morgan fingerprint density at radius 1 is 1.12 bits per heavy atom. The van der Waals surface area contributed by atoms with Gasteiger partial charge in [-0.05, 0) is 36.8 Å². The third-order valence-electron chi connectivity index (χ3n) is 5.02. The second-order valence-corrected chi connectivity index (χ2v) is 8.06. The minimum absolute atomic E-state index is 0.286. The van der Waals surface area contributed by atoms with Crippen molar-refractivity contribution in [1.29, 1.82) is 0 Å². The number of halogens is 3. The average molecular weight is 456 g/mol. The first-order valence-corrected chi connectivity index (χ1v) is 10.5. The zero-order valence-corrected chi connectivity index (χ0v) is 17.8. The van der Waals surface area contributed by atoms with Gasteiger partial charge in [-0.15, -0.1) is 11.3 Å². The Morgan fingerprint density at radius 3 is 2.56 bits per heavy atom. The first-order valence-electron chi connectivity index (χ1n) is 9.66. The van der Waals surface area contributed by atoms with Crippen LogP contribution in [0.3, 0.4) is 0 Å². The molecular formula is C23H19F3N4OS. The number of nitrogens with one attached hydrogen (secondary N) is 1. The molecule has 5 nitrogen and oxygen atoms in total. The summed E-state index contributed by atoms with van der Waals surface area (Å²) >= 11 is 1.26. The van der Waals surface area contributed by atoms with Crippen LogP contribution in [0, 0.1) is 6.92 Å². The van der Waals surface area contributed by atoms with E-state index in [9.17, 15) is 18.0 Å². The van der Waals surface area contributed by atoms with E-state index in [0.29, 0.717) is 28.6 Å². The summed E-state index contributed by atoms with van der Waals surface area (Å²) in [5.41, 5.74) is 8.56. The number of aromatic nitrogens is 2. The highest BCUT2D eigenvalue weighted by atomic mass is 32.1. The zero-order valence-electron chi connectivity index (χ0n) is 17.0. The van der Waals surface area contributed by atoms with E-state index in [1.54, 1.807) is 17.5 Å². The number of thiazole rings is 1. The van der Waals surface area contributed by atoms with E-state index >= 15 is 0 Å². The van der Waals surface area contributed by atoms with Gasteiger partial charge < -0.3 is 15.6 Å². The van der Waals surface area contributed by atoms with Gasteiger partial charge in [-0.25, -0.2) is 4.98 Å². The van der Waals surface area contributed by atoms with Crippen LogP contribution in [0.2, 0.25) is 0 Å². The number of amides is 1. The van der Waals surface area contributed by atoms with Gasteiger partial charge in [-0.2, -0.15) is 13.2 Å². The molecule has 2 aromatic heterocycles. The van der Waals surface area contributed by atoms with E-state index in [1.165, 1.54) is 17.4 Å². The standard InChI is InChI=1S/C23H19F3N4OS/c1-14-18(21(27)31)11-20(30(14)12-15-6-3-2-4-7-15)19-13-32-22(29-19)28-17-9-5-8-16(10-17)23(24,25)26/h2-11,13H,12H2,1H3,(H2,27,31)(H,28,29). The Bertz CT molecular complexity index is 1260. The van der Waals surface area contributed by atoms with Crippen LogP contribution in [-0.4, -0.2) is 15.5 Å². The summed E-state index contributed by atoms with van der Waals surface area (Å²) < 4.78 is 40.9. The van der Waals surface area contributed by atoms with Crippen molar-refractivity contribution in [2.45, 2.75) is 19.6 Å². The molecule has 0 aliphatic rings. The van der Waals surface area contributed by atoms with Crippen molar-refractivity contribution in [3.05, 3.63) is 88.4 Å². The van der Waals surface area contributed by atoms with Gasteiger partial charge in [0.1, 0.15) is 0 Å². The molecule has 0 fully saturated rings. The van der Waals surface area contributed by atoms with Crippen LogP contribution in [0.25, 0.3) is 11.4 Å². The lowest BCUT2D eigenvalue weighted by Gasteiger charge is -2.11. The number of nitrogens with two attached hydrogens (primary N) is 1. The maximum atomic E-state index is 13.0. The van der Waals surface area contributed by atoms with Crippen LogP contribution in [0.5, 0.6) is 0 Å². The fourth-order valence-electron chi connectivity index (χ4n) is 3.42. The molecule has 0 aliphatic carbocycles. The zero-order chi connectivity index (χ0) is 22.9. The molecule has 0 aliphatic heterocycles. The molecule has 0 saturated heterocycles. The molecule has 4 aromatic rings. The number of hydrogen-bond donors (Lipinski definition) is 2. The van der Waals surface area contributed by atoms with E-state index in [2.05, 4.69) is 10.3 Å². The van der Waals surface area contributed by atoms with Gasteiger partial charge in [-0.3, -0.25) is 4.79 Å². The molecule has 2 aromatic carbocycles. The van der Waals surface area contributed by atoms with E-state index in [0.717, 1.165) is 23.4 Å². The highest BCUT2D eigenvalue weighted by molar-refractivity contribution is 7.14. The molecule has 0 atom stereocenters. The lowest BCUT2D eigenvalue weighted by molar-refractivity contribution is -0.137. The van der Waals surface area contributed by atoms with E-state index in [-0.39, 0.29) is 5.69 Å². The lowest BCUT2D eigenvalue weighted by atomic mass is 10.2. The van der Waals surface area contributed by atoms with E-state index in [1.807, 2.05) is 41.8 Å². The van der Waals surface area contributed by atoms with Gasteiger partial charge in [0.05, 0.1) is 22.5 Å². The van der Waals surface area contributed by atoms with Gasteiger partial charge in [0, 0.05) is 23.3 Å². The molecule has 0 spiro atoms. The van der Waals surface area contributed by atoms with Crippen molar-refractivity contribution >= 4 is 28.1 Å². The fourth-order valence-corrected chi connectivity index (χ4v) is 4.15. The Morgan fingerprint density at radius 2 is 1.88 bits per heavy atom. The van der Waals surface area contributed by atoms with Crippen molar-refractivity contribution in [2.75, 3.05) is 5.32 Å². The number of hydrogen-bond acceptors (Lipinski definition) is 4. The number of nitrogens with zero attached hydrogens (tertiary/aromatic N) is 2. The summed E-state index contributed by atoms with van der Waals surface area (Å²) in [7, 11) is 0. The number of carbonyl (C=O) groups excluding carboxylic acids is 1. The summed E-state index contributed by atoms with van der Waals surface area (Å²) in [5.74, 6) is -0.534. The van der Waals surface area contributed by atoms with Crippen molar-refractivity contribution in [2.24, 2.45) is 5.73 Å². The Balaban J connectivity index is 1.67. The first kappa shape index (κ1) is 21.6. The highest BCUT2D eigenvalue weighted by Gasteiger charge is 2.30. The second-order valence-electron chi connectivity index (χ2n) is 7.21. The molecule has 9 heteroatoms. The second kappa shape index (κ2) is 8.51. The van der Waals surface area contributed by atoms with Gasteiger partial charge >= 0.3 is 6.18 Å². The monoisotopic (exact) mass is 456 g/mol. The quantitative estimate of drug-likeness (QED) is 0.383. The van der Waals surface area contributed by atoms with E-state index < -0.39 is 17.6 Å². The summed E-state index contributed by atoms with van der Waals surface area (Å²) in [5, 5.41) is 5.15. The molecule has 1 amide bonds. The maximum Gasteiger partial charge on any atom is 0.416 e. The molecule has 4 rings (SSSR count). The molecule has 2 heterocycles. The summed E-state index contributed by atoms with van der Waals surface area (Å²) in [6.45, 7) is 2.34. The molecule has 3 N–H and O–H groups in total. The van der Waals surface area contributed by atoms with Gasteiger partial charge in [-0.1, -0.05) is 36.4 Å². The van der Waals surface area contributed by atoms with Crippen molar-refractivity contribution in [3.63, 3.8) is 0 Å². The van der Waals surface area contributed by atoms with Crippen LogP contribution in [0.1, 0.15) is 27.2 Å². The SMILES string of the molecule is Cc1c(C(N)=O)cc(-c2csc(Nc3cccc(C(F)(F)F)c3)n2)n1Cc1ccccc1. The highest BCUT2D eigenvalue weighted by Crippen LogP contribution is 2.33. The molecule has 0 saturated carbocycles.